The van der Waals surface area contributed by atoms with Crippen LogP contribution in [-0.4, -0.2) is 14.1 Å². The van der Waals surface area contributed by atoms with E-state index in [1.54, 1.807) is 12.3 Å². The minimum absolute atomic E-state index is 0.681. The molecule has 1 heterocycles. The van der Waals surface area contributed by atoms with Gasteiger partial charge in [0.25, 0.3) is 0 Å². The quantitative estimate of drug-likeness (QED) is 0.608. The van der Waals surface area contributed by atoms with Crippen molar-refractivity contribution in [3.8, 4) is 0 Å². The molecule has 0 aliphatic carbocycles. The zero-order valence-corrected chi connectivity index (χ0v) is 5.59. The predicted octanol–water partition coefficient (Wildman–Crippen LogP) is 0.928. The molecule has 0 aromatic carbocycles. The van der Waals surface area contributed by atoms with E-state index in [0.29, 0.717) is 5.69 Å². The van der Waals surface area contributed by atoms with Crippen LogP contribution in [0.5, 0.6) is 0 Å². The number of hydrogen-bond donors (Lipinski definition) is 1. The lowest BCUT2D eigenvalue weighted by atomic mass is 10.5. The second-order valence-corrected chi connectivity index (χ2v) is 2.08. The molecular formula is C6H10N2O. The Hall–Kier alpha value is -1.12. The Bertz CT molecular complexity index is 193. The second-order valence-electron chi connectivity index (χ2n) is 2.08. The molecule has 3 heteroatoms. The number of furan rings is 1. The fourth-order valence-electron chi connectivity index (χ4n) is 0.675. The average Bonchev–Trinajstić information content (AvgIpc) is 2.13. The van der Waals surface area contributed by atoms with Crippen LogP contribution >= 0.6 is 0 Å². The lowest BCUT2D eigenvalue weighted by Crippen LogP contribution is -2.08. The van der Waals surface area contributed by atoms with Crippen molar-refractivity contribution in [2.75, 3.05) is 24.7 Å². The summed E-state index contributed by atoms with van der Waals surface area (Å²) in [4.78, 5) is 1.83. The Labute approximate surface area is 54.1 Å². The van der Waals surface area contributed by atoms with Crippen molar-refractivity contribution in [3.63, 3.8) is 0 Å². The van der Waals surface area contributed by atoms with Crippen molar-refractivity contribution >= 4 is 11.6 Å². The third kappa shape index (κ3) is 0.988. The molecule has 0 bridgehead atoms. The number of rotatable bonds is 1. The van der Waals surface area contributed by atoms with Gasteiger partial charge in [0.15, 0.2) is 0 Å². The lowest BCUT2D eigenvalue weighted by molar-refractivity contribution is 0.566. The van der Waals surface area contributed by atoms with Gasteiger partial charge in [-0.2, -0.15) is 0 Å². The largest absolute Gasteiger partial charge is 0.447 e. The van der Waals surface area contributed by atoms with Crippen LogP contribution < -0.4 is 10.6 Å². The monoisotopic (exact) mass is 126 g/mol. The van der Waals surface area contributed by atoms with Gasteiger partial charge < -0.3 is 15.1 Å². The van der Waals surface area contributed by atoms with Crippen LogP contribution in [0.4, 0.5) is 11.6 Å². The van der Waals surface area contributed by atoms with E-state index in [-0.39, 0.29) is 0 Å². The van der Waals surface area contributed by atoms with Crippen molar-refractivity contribution < 1.29 is 4.42 Å². The van der Waals surface area contributed by atoms with Gasteiger partial charge in [-0.3, -0.25) is 0 Å². The highest BCUT2D eigenvalue weighted by Gasteiger charge is 2.01. The third-order valence-electron chi connectivity index (χ3n) is 1.08. The minimum atomic E-state index is 0.681. The number of nitrogen functional groups attached to an aromatic ring is 1. The molecule has 0 saturated carbocycles. The van der Waals surface area contributed by atoms with E-state index < -0.39 is 0 Å². The third-order valence-corrected chi connectivity index (χ3v) is 1.08. The fourth-order valence-corrected chi connectivity index (χ4v) is 0.675. The summed E-state index contributed by atoms with van der Waals surface area (Å²) in [6, 6.07) is 1.73. The zero-order valence-electron chi connectivity index (χ0n) is 5.59. The first-order chi connectivity index (χ1) is 4.22. The summed E-state index contributed by atoms with van der Waals surface area (Å²) in [5, 5.41) is 0. The molecule has 1 aromatic rings. The Morgan fingerprint density at radius 3 is 2.44 bits per heavy atom. The van der Waals surface area contributed by atoms with Crippen molar-refractivity contribution in [1.82, 2.24) is 0 Å². The van der Waals surface area contributed by atoms with E-state index in [9.17, 15) is 0 Å². The molecule has 0 fully saturated rings. The Balaban J connectivity index is 2.94. The van der Waals surface area contributed by atoms with Crippen LogP contribution in [0.3, 0.4) is 0 Å². The number of nitrogens with two attached hydrogens (primary N) is 1. The number of nitrogens with zero attached hydrogens (tertiary/aromatic N) is 1. The summed E-state index contributed by atoms with van der Waals surface area (Å²) >= 11 is 0. The van der Waals surface area contributed by atoms with Crippen LogP contribution in [0.15, 0.2) is 16.7 Å². The molecule has 2 N–H and O–H groups in total. The van der Waals surface area contributed by atoms with Crippen molar-refractivity contribution in [2.45, 2.75) is 0 Å². The van der Waals surface area contributed by atoms with Crippen molar-refractivity contribution in [3.05, 3.63) is 12.3 Å². The van der Waals surface area contributed by atoms with Crippen LogP contribution in [-0.2, 0) is 0 Å². The van der Waals surface area contributed by atoms with E-state index in [4.69, 9.17) is 10.2 Å². The van der Waals surface area contributed by atoms with Crippen molar-refractivity contribution in [2.24, 2.45) is 0 Å². The zero-order chi connectivity index (χ0) is 6.85. The average molecular weight is 126 g/mol. The molecule has 0 unspecified atom stereocenters. The first-order valence-corrected chi connectivity index (χ1v) is 2.72. The maximum absolute atomic E-state index is 5.51. The van der Waals surface area contributed by atoms with E-state index in [0.717, 1.165) is 5.88 Å². The molecular weight excluding hydrogens is 116 g/mol. The summed E-state index contributed by atoms with van der Waals surface area (Å²) < 4.78 is 5.03. The van der Waals surface area contributed by atoms with Gasteiger partial charge >= 0.3 is 0 Å². The molecule has 0 aliphatic rings. The van der Waals surface area contributed by atoms with Gasteiger partial charge in [-0.05, 0) is 0 Å². The van der Waals surface area contributed by atoms with Crippen LogP contribution in [0.1, 0.15) is 0 Å². The summed E-state index contributed by atoms with van der Waals surface area (Å²) in [5.74, 6) is 0.718. The lowest BCUT2D eigenvalue weighted by Gasteiger charge is -2.07. The smallest absolute Gasteiger partial charge is 0.217 e. The molecule has 0 atom stereocenters. The maximum atomic E-state index is 5.51. The molecule has 9 heavy (non-hydrogen) atoms. The van der Waals surface area contributed by atoms with Gasteiger partial charge in [0.2, 0.25) is 5.88 Å². The summed E-state index contributed by atoms with van der Waals surface area (Å²) in [6.45, 7) is 0. The van der Waals surface area contributed by atoms with Crippen LogP contribution in [0, 0.1) is 0 Å². The summed E-state index contributed by atoms with van der Waals surface area (Å²) in [7, 11) is 3.77. The molecule has 0 amide bonds. The number of hydrogen-bond acceptors (Lipinski definition) is 3. The van der Waals surface area contributed by atoms with E-state index in [1.165, 1.54) is 0 Å². The second kappa shape index (κ2) is 2.01. The van der Waals surface area contributed by atoms with E-state index in [2.05, 4.69) is 0 Å². The Morgan fingerprint density at radius 2 is 2.22 bits per heavy atom. The van der Waals surface area contributed by atoms with Crippen LogP contribution in [0.25, 0.3) is 0 Å². The van der Waals surface area contributed by atoms with Gasteiger partial charge in [0.1, 0.15) is 0 Å². The highest BCUT2D eigenvalue weighted by Crippen LogP contribution is 2.20. The van der Waals surface area contributed by atoms with E-state index >= 15 is 0 Å². The summed E-state index contributed by atoms with van der Waals surface area (Å²) in [5.41, 5.74) is 6.19. The molecule has 0 radical (unpaired) electrons. The van der Waals surface area contributed by atoms with Crippen LogP contribution in [0.2, 0.25) is 0 Å². The van der Waals surface area contributed by atoms with Gasteiger partial charge in [-0.1, -0.05) is 0 Å². The minimum Gasteiger partial charge on any atom is -0.447 e. The Morgan fingerprint density at radius 1 is 1.56 bits per heavy atom. The maximum Gasteiger partial charge on any atom is 0.217 e. The first kappa shape index (κ1) is 6.01. The van der Waals surface area contributed by atoms with Gasteiger partial charge in [-0.15, -0.1) is 0 Å². The Kier molecular flexibility index (Phi) is 1.34. The standard InChI is InChI=1S/C6H10N2O/c1-8(2)6-5(7)3-4-9-6/h3-4H,7H2,1-2H3. The van der Waals surface area contributed by atoms with Crippen molar-refractivity contribution in [1.29, 1.82) is 0 Å². The predicted molar refractivity (Wildman–Crippen MR) is 37.4 cm³/mol. The molecule has 3 nitrogen and oxygen atoms in total. The molecule has 0 aliphatic heterocycles. The first-order valence-electron chi connectivity index (χ1n) is 2.72. The molecule has 50 valence electrons. The topological polar surface area (TPSA) is 42.4 Å². The van der Waals surface area contributed by atoms with Gasteiger partial charge in [0.05, 0.1) is 12.0 Å². The summed E-state index contributed by atoms with van der Waals surface area (Å²) in [6.07, 6.45) is 1.57. The molecule has 1 rings (SSSR count). The molecule has 0 saturated heterocycles. The molecule has 0 spiro atoms. The normalized spacial score (nSPS) is 9.56. The SMILES string of the molecule is CN(C)c1occc1N. The highest BCUT2D eigenvalue weighted by molar-refractivity contribution is 5.59. The molecule has 1 aromatic heterocycles. The van der Waals surface area contributed by atoms with Gasteiger partial charge in [0, 0.05) is 20.2 Å². The fraction of sp³-hybridized carbons (Fsp3) is 0.333. The highest BCUT2D eigenvalue weighted by atomic mass is 16.3. The van der Waals surface area contributed by atoms with Gasteiger partial charge in [-0.25, -0.2) is 0 Å². The van der Waals surface area contributed by atoms with E-state index in [1.807, 2.05) is 19.0 Å². The number of anilines is 2.